The van der Waals surface area contributed by atoms with Crippen molar-refractivity contribution in [2.45, 2.75) is 26.2 Å². The maximum absolute atomic E-state index is 11.4. The Morgan fingerprint density at radius 3 is 2.38 bits per heavy atom. The van der Waals surface area contributed by atoms with E-state index in [2.05, 4.69) is 52.2 Å². The molecule has 1 aliphatic rings. The van der Waals surface area contributed by atoms with Crippen LogP contribution in [-0.4, -0.2) is 60.8 Å². The lowest BCUT2D eigenvalue weighted by atomic mass is 9.92. The predicted octanol–water partition coefficient (Wildman–Crippen LogP) is 0.888. The molecule has 0 atom stereocenters. The second-order valence-electron chi connectivity index (χ2n) is 6.46. The summed E-state index contributed by atoms with van der Waals surface area (Å²) in [5.41, 5.74) is 1.03. The Bertz CT molecular complexity index is 478. The van der Waals surface area contributed by atoms with E-state index in [4.69, 9.17) is 0 Å². The fourth-order valence-electron chi connectivity index (χ4n) is 2.31. The molecule has 1 fully saturated rings. The fraction of sp³-hybridized carbons (Fsp3) is 0.667. The Hall–Kier alpha value is -1.69. The summed E-state index contributed by atoms with van der Waals surface area (Å²) in [6.45, 7) is 10.4. The number of nitrogens with one attached hydrogen (secondary N) is 1. The predicted molar refractivity (Wildman–Crippen MR) is 85.6 cm³/mol. The lowest BCUT2D eigenvalue weighted by Gasteiger charge is -2.34. The highest BCUT2D eigenvalue weighted by Crippen LogP contribution is 2.21. The third-order valence-corrected chi connectivity index (χ3v) is 3.76. The van der Waals surface area contributed by atoms with E-state index >= 15 is 0 Å². The van der Waals surface area contributed by atoms with Gasteiger partial charge < -0.3 is 10.2 Å². The number of anilines is 1. The van der Waals surface area contributed by atoms with Gasteiger partial charge in [0, 0.05) is 40.1 Å². The molecule has 2 heterocycles. The summed E-state index contributed by atoms with van der Waals surface area (Å²) < 4.78 is 0. The summed E-state index contributed by atoms with van der Waals surface area (Å²) in [7, 11) is 1.67. The number of aromatic nitrogens is 2. The molecule has 2 rings (SSSR count). The second-order valence-corrected chi connectivity index (χ2v) is 6.46. The molecule has 118 valence electrons. The number of carbonyl (C=O) groups excluding carboxylic acids is 1. The maximum Gasteiger partial charge on any atom is 0.233 e. The Kier molecular flexibility index (Phi) is 4.77. The van der Waals surface area contributed by atoms with Crippen LogP contribution in [0.3, 0.4) is 0 Å². The molecule has 1 N–H and O–H groups in total. The molecule has 0 unspecified atom stereocenters. The van der Waals surface area contributed by atoms with Crippen LogP contribution in [-0.2, 0) is 10.2 Å². The molecule has 1 aromatic heterocycles. The van der Waals surface area contributed by atoms with Gasteiger partial charge in [0.25, 0.3) is 0 Å². The highest BCUT2D eigenvalue weighted by atomic mass is 16.1. The first kappa shape index (κ1) is 15.7. The molecular formula is C15H27N5O. The molecule has 1 aromatic rings. The van der Waals surface area contributed by atoms with E-state index in [-0.39, 0.29) is 12.7 Å². The van der Waals surface area contributed by atoms with E-state index in [1.807, 2.05) is 6.07 Å². The summed E-state index contributed by atoms with van der Waals surface area (Å²) >= 11 is 0. The summed E-state index contributed by atoms with van der Waals surface area (Å²) in [5, 5.41) is 11.3. The van der Waals surface area contributed by atoms with Crippen LogP contribution in [0.1, 0.15) is 27.9 Å². The SMILES string of the molecule is CNC(=O)CN1CCN(c2ccc(C(C)(C)C)nn2)CC1.[HH]. The third-order valence-electron chi connectivity index (χ3n) is 3.76. The Balaban J connectivity index is 0.00000242. The highest BCUT2D eigenvalue weighted by Gasteiger charge is 2.21. The van der Waals surface area contributed by atoms with Crippen LogP contribution in [0, 0.1) is 0 Å². The minimum absolute atomic E-state index is 0. The van der Waals surface area contributed by atoms with Crippen molar-refractivity contribution in [3.05, 3.63) is 17.8 Å². The van der Waals surface area contributed by atoms with Crippen LogP contribution in [0.5, 0.6) is 0 Å². The minimum Gasteiger partial charge on any atom is -0.358 e. The number of likely N-dealkylation sites (N-methyl/N-ethyl adjacent to an activating group) is 1. The molecule has 0 aliphatic carbocycles. The number of carbonyl (C=O) groups is 1. The monoisotopic (exact) mass is 293 g/mol. The molecule has 0 saturated carbocycles. The zero-order chi connectivity index (χ0) is 15.5. The van der Waals surface area contributed by atoms with Crippen LogP contribution in [0.25, 0.3) is 0 Å². The summed E-state index contributed by atoms with van der Waals surface area (Å²) in [6.07, 6.45) is 0. The first-order valence-corrected chi connectivity index (χ1v) is 7.42. The van der Waals surface area contributed by atoms with Gasteiger partial charge in [-0.05, 0) is 12.1 Å². The topological polar surface area (TPSA) is 61.4 Å². The van der Waals surface area contributed by atoms with Gasteiger partial charge in [-0.15, -0.1) is 5.10 Å². The van der Waals surface area contributed by atoms with Crippen LogP contribution in [0.4, 0.5) is 5.82 Å². The molecule has 1 aliphatic heterocycles. The van der Waals surface area contributed by atoms with Crippen molar-refractivity contribution in [2.75, 3.05) is 44.7 Å². The molecule has 1 saturated heterocycles. The number of hydrogen-bond donors (Lipinski definition) is 1. The Morgan fingerprint density at radius 2 is 1.90 bits per heavy atom. The van der Waals surface area contributed by atoms with Crippen molar-refractivity contribution in [1.29, 1.82) is 0 Å². The smallest absolute Gasteiger partial charge is 0.233 e. The van der Waals surface area contributed by atoms with Crippen molar-refractivity contribution in [1.82, 2.24) is 20.4 Å². The molecule has 21 heavy (non-hydrogen) atoms. The van der Waals surface area contributed by atoms with Crippen molar-refractivity contribution in [3.63, 3.8) is 0 Å². The molecule has 1 amide bonds. The largest absolute Gasteiger partial charge is 0.358 e. The fourth-order valence-corrected chi connectivity index (χ4v) is 2.31. The van der Waals surface area contributed by atoms with Gasteiger partial charge in [-0.1, -0.05) is 20.8 Å². The minimum atomic E-state index is 0. The van der Waals surface area contributed by atoms with E-state index in [1.165, 1.54) is 0 Å². The van der Waals surface area contributed by atoms with Gasteiger partial charge >= 0.3 is 0 Å². The summed E-state index contributed by atoms with van der Waals surface area (Å²) in [6, 6.07) is 4.10. The van der Waals surface area contributed by atoms with Crippen molar-refractivity contribution in [2.24, 2.45) is 0 Å². The van der Waals surface area contributed by atoms with Gasteiger partial charge in [0.2, 0.25) is 5.91 Å². The molecule has 0 bridgehead atoms. The van der Waals surface area contributed by atoms with E-state index in [1.54, 1.807) is 7.05 Å². The van der Waals surface area contributed by atoms with E-state index < -0.39 is 0 Å². The zero-order valence-electron chi connectivity index (χ0n) is 13.4. The average Bonchev–Trinajstić information content (AvgIpc) is 2.47. The second kappa shape index (κ2) is 6.39. The van der Waals surface area contributed by atoms with Crippen molar-refractivity contribution < 1.29 is 6.22 Å². The molecule has 0 radical (unpaired) electrons. The quantitative estimate of drug-likeness (QED) is 0.897. The van der Waals surface area contributed by atoms with Gasteiger partial charge in [-0.25, -0.2) is 0 Å². The van der Waals surface area contributed by atoms with Gasteiger partial charge in [-0.3, -0.25) is 9.69 Å². The Morgan fingerprint density at radius 1 is 1.24 bits per heavy atom. The van der Waals surface area contributed by atoms with Crippen LogP contribution < -0.4 is 10.2 Å². The summed E-state index contributed by atoms with van der Waals surface area (Å²) in [5.74, 6) is 0.986. The number of nitrogens with zero attached hydrogens (tertiary/aromatic N) is 4. The average molecular weight is 293 g/mol. The van der Waals surface area contributed by atoms with E-state index in [0.717, 1.165) is 37.7 Å². The van der Waals surface area contributed by atoms with Gasteiger partial charge in [0.05, 0.1) is 12.2 Å². The normalized spacial score (nSPS) is 16.9. The van der Waals surface area contributed by atoms with Crippen LogP contribution in [0.2, 0.25) is 0 Å². The lowest BCUT2D eigenvalue weighted by Crippen LogP contribution is -2.49. The van der Waals surface area contributed by atoms with Crippen molar-refractivity contribution >= 4 is 11.7 Å². The molecule has 0 aromatic carbocycles. The first-order chi connectivity index (χ1) is 9.90. The van der Waals surface area contributed by atoms with Crippen LogP contribution in [0.15, 0.2) is 12.1 Å². The number of amides is 1. The number of piperazine rings is 1. The van der Waals surface area contributed by atoms with Gasteiger partial charge in [-0.2, -0.15) is 5.10 Å². The standard InChI is InChI=1S/C15H25N5O.H2/c1-15(2,3)12-5-6-13(18-17-12)20-9-7-19(8-10-20)11-14(21)16-4;/h5-6H,7-11H2,1-4H3,(H,16,21);1H. The molecule has 6 heteroatoms. The van der Waals surface area contributed by atoms with Gasteiger partial charge in [0.1, 0.15) is 0 Å². The van der Waals surface area contributed by atoms with Crippen molar-refractivity contribution in [3.8, 4) is 0 Å². The lowest BCUT2D eigenvalue weighted by molar-refractivity contribution is -0.121. The Labute approximate surface area is 128 Å². The van der Waals surface area contributed by atoms with E-state index in [9.17, 15) is 4.79 Å². The molecular weight excluding hydrogens is 266 g/mol. The van der Waals surface area contributed by atoms with Crippen LogP contribution >= 0.6 is 0 Å². The third kappa shape index (κ3) is 4.14. The molecule has 0 spiro atoms. The highest BCUT2D eigenvalue weighted by molar-refractivity contribution is 5.77. The number of rotatable bonds is 3. The maximum atomic E-state index is 11.4. The number of hydrogen-bond acceptors (Lipinski definition) is 5. The zero-order valence-corrected chi connectivity index (χ0v) is 13.4. The molecule has 6 nitrogen and oxygen atoms in total. The first-order valence-electron chi connectivity index (χ1n) is 7.42. The summed E-state index contributed by atoms with van der Waals surface area (Å²) in [4.78, 5) is 15.8. The van der Waals surface area contributed by atoms with Gasteiger partial charge in [0.15, 0.2) is 5.82 Å². The van der Waals surface area contributed by atoms with E-state index in [0.29, 0.717) is 6.54 Å².